The zero-order chi connectivity index (χ0) is 16.1. The molecule has 1 aliphatic rings. The fourth-order valence-electron chi connectivity index (χ4n) is 2.28. The van der Waals surface area contributed by atoms with E-state index in [0.717, 1.165) is 0 Å². The molecule has 1 aromatic heterocycles. The van der Waals surface area contributed by atoms with Crippen LogP contribution >= 0.6 is 0 Å². The molecule has 0 radical (unpaired) electrons. The van der Waals surface area contributed by atoms with Gasteiger partial charge in [-0.25, -0.2) is 4.98 Å². The number of carbonyl (C=O) groups excluding carboxylic acids is 1. The topological polar surface area (TPSA) is 89.0 Å². The summed E-state index contributed by atoms with van der Waals surface area (Å²) in [6.07, 6.45) is -0.186. The van der Waals surface area contributed by atoms with Gasteiger partial charge in [-0.15, -0.1) is 0 Å². The average molecular weight is 308 g/mol. The molecule has 1 atom stereocenters. The summed E-state index contributed by atoms with van der Waals surface area (Å²) < 4.78 is 10.8. The Bertz CT molecular complexity index is 546. The van der Waals surface area contributed by atoms with E-state index in [1.54, 1.807) is 18.2 Å². The van der Waals surface area contributed by atoms with Crippen molar-refractivity contribution in [3.63, 3.8) is 0 Å². The summed E-state index contributed by atoms with van der Waals surface area (Å²) in [5.74, 6) is -0.884. The minimum Gasteiger partial charge on any atom is -0.481 e. The maximum Gasteiger partial charge on any atom is 0.305 e. The van der Waals surface area contributed by atoms with Crippen LogP contribution in [0, 0.1) is 0 Å². The summed E-state index contributed by atoms with van der Waals surface area (Å²) in [5, 5.41) is 8.95. The van der Waals surface area contributed by atoms with Crippen molar-refractivity contribution < 1.29 is 24.2 Å². The van der Waals surface area contributed by atoms with Gasteiger partial charge in [0.25, 0.3) is 5.91 Å². The van der Waals surface area contributed by atoms with Crippen LogP contribution in [-0.2, 0) is 9.53 Å². The second kappa shape index (κ2) is 7.22. The Morgan fingerprint density at radius 2 is 2.27 bits per heavy atom. The first-order valence-corrected chi connectivity index (χ1v) is 7.21. The molecule has 1 saturated heterocycles. The zero-order valence-corrected chi connectivity index (χ0v) is 12.7. The number of aromatic nitrogens is 1. The molecule has 1 fully saturated rings. The molecule has 0 spiro atoms. The number of hydrogen-bond acceptors (Lipinski definition) is 5. The molecule has 1 aliphatic heterocycles. The predicted octanol–water partition coefficient (Wildman–Crippen LogP) is 1.18. The third-order valence-electron chi connectivity index (χ3n) is 3.20. The van der Waals surface area contributed by atoms with Gasteiger partial charge in [-0.2, -0.15) is 0 Å². The molecule has 0 saturated carbocycles. The minimum absolute atomic E-state index is 0.0407. The smallest absolute Gasteiger partial charge is 0.305 e. The first-order valence-electron chi connectivity index (χ1n) is 7.21. The van der Waals surface area contributed by atoms with Gasteiger partial charge in [-0.3, -0.25) is 9.59 Å². The molecule has 1 aromatic rings. The minimum atomic E-state index is -0.960. The first kappa shape index (κ1) is 16.2. The van der Waals surface area contributed by atoms with Crippen molar-refractivity contribution in [3.05, 3.63) is 23.9 Å². The molecule has 0 aromatic carbocycles. The number of aliphatic carboxylic acids is 1. The zero-order valence-electron chi connectivity index (χ0n) is 12.7. The van der Waals surface area contributed by atoms with Crippen LogP contribution in [0.1, 0.15) is 30.8 Å². The van der Waals surface area contributed by atoms with Crippen molar-refractivity contribution in [1.29, 1.82) is 0 Å². The van der Waals surface area contributed by atoms with Crippen LogP contribution in [0.4, 0.5) is 0 Å². The Morgan fingerprint density at radius 3 is 2.95 bits per heavy atom. The van der Waals surface area contributed by atoms with Crippen molar-refractivity contribution in [2.24, 2.45) is 0 Å². The molecule has 22 heavy (non-hydrogen) atoms. The average Bonchev–Trinajstić information content (AvgIpc) is 2.46. The van der Waals surface area contributed by atoms with Crippen LogP contribution in [-0.4, -0.2) is 58.8 Å². The Morgan fingerprint density at radius 1 is 1.50 bits per heavy atom. The summed E-state index contributed by atoms with van der Waals surface area (Å²) >= 11 is 0. The SMILES string of the molecule is CC(C)Oc1cccc(C(=O)N2CCOC[C@H]2CC(=O)O)n1. The summed E-state index contributed by atoms with van der Waals surface area (Å²) in [4.78, 5) is 29.2. The lowest BCUT2D eigenvalue weighted by atomic mass is 10.1. The number of rotatable bonds is 5. The quantitative estimate of drug-likeness (QED) is 0.879. The molecule has 1 N–H and O–H groups in total. The molecule has 2 heterocycles. The third-order valence-corrected chi connectivity index (χ3v) is 3.20. The van der Waals surface area contributed by atoms with Crippen molar-refractivity contribution in [2.75, 3.05) is 19.8 Å². The highest BCUT2D eigenvalue weighted by Gasteiger charge is 2.30. The van der Waals surface area contributed by atoms with E-state index in [1.165, 1.54) is 4.90 Å². The van der Waals surface area contributed by atoms with Crippen molar-refractivity contribution >= 4 is 11.9 Å². The molecular weight excluding hydrogens is 288 g/mol. The highest BCUT2D eigenvalue weighted by atomic mass is 16.5. The van der Waals surface area contributed by atoms with Crippen LogP contribution in [0.2, 0.25) is 0 Å². The van der Waals surface area contributed by atoms with Gasteiger partial charge in [-0.1, -0.05) is 6.07 Å². The monoisotopic (exact) mass is 308 g/mol. The molecule has 120 valence electrons. The first-order chi connectivity index (χ1) is 10.5. The molecular formula is C15H20N2O5. The van der Waals surface area contributed by atoms with Gasteiger partial charge in [0.1, 0.15) is 5.69 Å². The van der Waals surface area contributed by atoms with Gasteiger partial charge >= 0.3 is 5.97 Å². The fourth-order valence-corrected chi connectivity index (χ4v) is 2.28. The van der Waals surface area contributed by atoms with E-state index in [1.807, 2.05) is 13.8 Å². The predicted molar refractivity (Wildman–Crippen MR) is 77.9 cm³/mol. The standard InChI is InChI=1S/C15H20N2O5/c1-10(2)22-13-5-3-4-12(16-13)15(20)17-6-7-21-9-11(17)8-14(18)19/h3-5,10-11H,6-9H2,1-2H3,(H,18,19)/t11-/m1/s1. The van der Waals surface area contributed by atoms with Gasteiger partial charge in [-0.05, 0) is 19.9 Å². The second-order valence-electron chi connectivity index (χ2n) is 5.35. The summed E-state index contributed by atoms with van der Waals surface area (Å²) in [7, 11) is 0. The van der Waals surface area contributed by atoms with Crippen LogP contribution < -0.4 is 4.74 Å². The van der Waals surface area contributed by atoms with Gasteiger partial charge < -0.3 is 19.5 Å². The van der Waals surface area contributed by atoms with Crippen molar-refractivity contribution in [1.82, 2.24) is 9.88 Å². The normalized spacial score (nSPS) is 18.3. The number of morpholine rings is 1. The third kappa shape index (κ3) is 4.17. The molecule has 0 aliphatic carbocycles. The molecule has 0 unspecified atom stereocenters. The number of carbonyl (C=O) groups is 2. The Balaban J connectivity index is 2.16. The van der Waals surface area contributed by atoms with Crippen LogP contribution in [0.5, 0.6) is 5.88 Å². The Kier molecular flexibility index (Phi) is 5.32. The van der Waals surface area contributed by atoms with Gasteiger partial charge in [0.2, 0.25) is 5.88 Å². The van der Waals surface area contributed by atoms with E-state index in [-0.39, 0.29) is 30.7 Å². The number of carboxylic acid groups (broad SMARTS) is 1. The second-order valence-corrected chi connectivity index (χ2v) is 5.35. The van der Waals surface area contributed by atoms with Crippen molar-refractivity contribution in [2.45, 2.75) is 32.4 Å². The lowest BCUT2D eigenvalue weighted by molar-refractivity contribution is -0.139. The molecule has 2 rings (SSSR count). The Labute approximate surface area is 128 Å². The van der Waals surface area contributed by atoms with Gasteiger partial charge in [0, 0.05) is 12.6 Å². The van der Waals surface area contributed by atoms with Crippen LogP contribution in [0.25, 0.3) is 0 Å². The summed E-state index contributed by atoms with van der Waals surface area (Å²) in [6.45, 7) is 4.72. The summed E-state index contributed by atoms with van der Waals surface area (Å²) in [5.41, 5.74) is 0.246. The number of pyridine rings is 1. The van der Waals surface area contributed by atoms with Crippen LogP contribution in [0.3, 0.4) is 0 Å². The van der Waals surface area contributed by atoms with Gasteiger partial charge in [0.15, 0.2) is 0 Å². The van der Waals surface area contributed by atoms with Gasteiger partial charge in [0.05, 0.1) is 31.8 Å². The number of nitrogens with zero attached hydrogens (tertiary/aromatic N) is 2. The Hall–Kier alpha value is -2.15. The molecule has 1 amide bonds. The number of carboxylic acids is 1. The lowest BCUT2D eigenvalue weighted by Crippen LogP contribution is -2.49. The van der Waals surface area contributed by atoms with Crippen molar-refractivity contribution in [3.8, 4) is 5.88 Å². The van der Waals surface area contributed by atoms with Crippen LogP contribution in [0.15, 0.2) is 18.2 Å². The van der Waals surface area contributed by atoms with E-state index in [9.17, 15) is 9.59 Å². The number of amides is 1. The fraction of sp³-hybridized carbons (Fsp3) is 0.533. The molecule has 7 nitrogen and oxygen atoms in total. The lowest BCUT2D eigenvalue weighted by Gasteiger charge is -2.34. The summed E-state index contributed by atoms with van der Waals surface area (Å²) in [6, 6.07) is 4.51. The highest BCUT2D eigenvalue weighted by molar-refractivity contribution is 5.93. The van der Waals surface area contributed by atoms with E-state index < -0.39 is 12.0 Å². The highest BCUT2D eigenvalue weighted by Crippen LogP contribution is 2.16. The van der Waals surface area contributed by atoms with E-state index >= 15 is 0 Å². The maximum absolute atomic E-state index is 12.6. The van der Waals surface area contributed by atoms with E-state index in [2.05, 4.69) is 4.98 Å². The molecule has 0 bridgehead atoms. The number of ether oxygens (including phenoxy) is 2. The molecule has 7 heteroatoms. The maximum atomic E-state index is 12.6. The number of hydrogen-bond donors (Lipinski definition) is 1. The van der Waals surface area contributed by atoms with E-state index in [4.69, 9.17) is 14.6 Å². The largest absolute Gasteiger partial charge is 0.481 e. The van der Waals surface area contributed by atoms with E-state index in [0.29, 0.717) is 19.0 Å².